The van der Waals surface area contributed by atoms with E-state index in [0.29, 0.717) is 17.8 Å². The summed E-state index contributed by atoms with van der Waals surface area (Å²) in [5.41, 5.74) is 1.53. The number of nitrogens with zero attached hydrogens (tertiary/aromatic N) is 2. The van der Waals surface area contributed by atoms with Crippen molar-refractivity contribution >= 4 is 21.6 Å². The summed E-state index contributed by atoms with van der Waals surface area (Å²) < 4.78 is 70.7. The van der Waals surface area contributed by atoms with E-state index in [2.05, 4.69) is 14.9 Å². The van der Waals surface area contributed by atoms with Gasteiger partial charge in [-0.15, -0.1) is 10.2 Å². The smallest absolute Gasteiger partial charge is 0.416 e. The van der Waals surface area contributed by atoms with Crippen LogP contribution in [0.2, 0.25) is 5.02 Å². The molecule has 3 rings (SSSR count). The zero-order chi connectivity index (χ0) is 22.6. The monoisotopic (exact) mass is 471 g/mol. The first-order valence-corrected chi connectivity index (χ1v) is 10.8. The predicted octanol–water partition coefficient (Wildman–Crippen LogP) is 4.48. The van der Waals surface area contributed by atoms with Gasteiger partial charge in [0, 0.05) is 18.2 Å². The van der Waals surface area contributed by atoms with Crippen LogP contribution < -0.4 is 9.46 Å². The average Bonchev–Trinajstić information content (AvgIpc) is 2.72. The first kappa shape index (κ1) is 23.0. The minimum Gasteiger partial charge on any atom is -0.475 e. The highest BCUT2D eigenvalue weighted by Gasteiger charge is 2.32. The maximum Gasteiger partial charge on any atom is 0.416 e. The van der Waals surface area contributed by atoms with Crippen molar-refractivity contribution in [3.05, 3.63) is 70.7 Å². The van der Waals surface area contributed by atoms with E-state index < -0.39 is 26.7 Å². The molecule has 6 nitrogen and oxygen atoms in total. The van der Waals surface area contributed by atoms with Crippen molar-refractivity contribution < 1.29 is 26.3 Å². The van der Waals surface area contributed by atoms with Crippen LogP contribution in [0.15, 0.2) is 59.5 Å². The van der Waals surface area contributed by atoms with Crippen LogP contribution in [0.25, 0.3) is 11.3 Å². The molecule has 0 radical (unpaired) electrons. The van der Waals surface area contributed by atoms with E-state index >= 15 is 0 Å². The molecule has 0 amide bonds. The van der Waals surface area contributed by atoms with Crippen LogP contribution in [-0.4, -0.2) is 31.8 Å². The number of hydrogen-bond acceptors (Lipinski definition) is 5. The molecule has 0 fully saturated rings. The van der Waals surface area contributed by atoms with Gasteiger partial charge in [-0.3, -0.25) is 0 Å². The summed E-state index contributed by atoms with van der Waals surface area (Å²) in [6, 6.07) is 13.1. The number of halogens is 4. The van der Waals surface area contributed by atoms with Crippen molar-refractivity contribution in [2.75, 3.05) is 13.2 Å². The fourth-order valence-electron chi connectivity index (χ4n) is 2.57. The van der Waals surface area contributed by atoms with Gasteiger partial charge in [-0.2, -0.15) is 13.2 Å². The van der Waals surface area contributed by atoms with Crippen LogP contribution in [0, 0.1) is 6.92 Å². The Morgan fingerprint density at radius 3 is 2.35 bits per heavy atom. The number of benzene rings is 2. The Morgan fingerprint density at radius 1 is 1.03 bits per heavy atom. The molecule has 1 N–H and O–H groups in total. The minimum absolute atomic E-state index is 0.117. The second kappa shape index (κ2) is 9.21. The number of aromatic nitrogens is 2. The van der Waals surface area contributed by atoms with Crippen molar-refractivity contribution in [2.45, 2.75) is 18.0 Å². The van der Waals surface area contributed by atoms with Gasteiger partial charge in [-0.05, 0) is 31.2 Å². The highest BCUT2D eigenvalue weighted by molar-refractivity contribution is 7.89. The molecule has 0 aliphatic heterocycles. The quantitative estimate of drug-likeness (QED) is 0.514. The van der Waals surface area contributed by atoms with E-state index in [1.54, 1.807) is 12.1 Å². The van der Waals surface area contributed by atoms with Crippen LogP contribution in [0.1, 0.15) is 11.1 Å². The third-order valence-electron chi connectivity index (χ3n) is 4.18. The molecular formula is C20H17ClF3N3O3S. The van der Waals surface area contributed by atoms with Crippen LogP contribution in [-0.2, 0) is 16.2 Å². The second-order valence-corrected chi connectivity index (χ2v) is 8.65. The molecule has 0 spiro atoms. The first-order chi connectivity index (χ1) is 14.6. The van der Waals surface area contributed by atoms with Gasteiger partial charge in [0.05, 0.1) is 16.3 Å². The molecule has 0 saturated carbocycles. The third kappa shape index (κ3) is 5.93. The molecule has 164 valence electrons. The molecule has 0 saturated heterocycles. The summed E-state index contributed by atoms with van der Waals surface area (Å²) in [6.45, 7) is 1.65. The Kier molecular flexibility index (Phi) is 6.83. The van der Waals surface area contributed by atoms with Crippen molar-refractivity contribution in [1.29, 1.82) is 0 Å². The number of rotatable bonds is 7. The lowest BCUT2D eigenvalue weighted by Crippen LogP contribution is -2.29. The predicted molar refractivity (Wildman–Crippen MR) is 109 cm³/mol. The van der Waals surface area contributed by atoms with Gasteiger partial charge < -0.3 is 4.74 Å². The number of ether oxygens (including phenoxy) is 1. The highest BCUT2D eigenvalue weighted by atomic mass is 35.5. The molecule has 2 aromatic carbocycles. The maximum absolute atomic E-state index is 12.8. The van der Waals surface area contributed by atoms with Gasteiger partial charge in [0.1, 0.15) is 11.5 Å². The maximum atomic E-state index is 12.8. The van der Waals surface area contributed by atoms with Crippen LogP contribution in [0.3, 0.4) is 0 Å². The summed E-state index contributed by atoms with van der Waals surface area (Å²) in [5, 5.41) is 7.67. The van der Waals surface area contributed by atoms with Gasteiger partial charge in [-0.25, -0.2) is 13.1 Å². The van der Waals surface area contributed by atoms with Gasteiger partial charge in [0.15, 0.2) is 0 Å². The molecule has 3 aromatic rings. The lowest BCUT2D eigenvalue weighted by atomic mass is 10.1. The lowest BCUT2D eigenvalue weighted by Gasteiger charge is -2.12. The van der Waals surface area contributed by atoms with E-state index in [9.17, 15) is 21.6 Å². The number of alkyl halides is 3. The van der Waals surface area contributed by atoms with Crippen LogP contribution >= 0.6 is 11.6 Å². The fourth-order valence-corrected chi connectivity index (χ4v) is 4.11. The normalized spacial score (nSPS) is 12.0. The van der Waals surface area contributed by atoms with Crippen LogP contribution in [0.4, 0.5) is 13.2 Å². The molecule has 1 aromatic heterocycles. The molecule has 0 atom stereocenters. The standard InChI is InChI=1S/C20H17ClF3N3O3S/c1-13-2-4-14(5-3-13)17-8-9-19(27-26-17)30-11-10-25-31(28,29)18-12-15(20(22,23)24)6-7-16(18)21/h2-9,12,25H,10-11H2,1H3. The minimum atomic E-state index is -4.69. The molecule has 31 heavy (non-hydrogen) atoms. The van der Waals surface area contributed by atoms with E-state index in [0.717, 1.165) is 17.2 Å². The Labute approximate surface area is 182 Å². The second-order valence-electron chi connectivity index (χ2n) is 6.51. The van der Waals surface area contributed by atoms with Gasteiger partial charge in [0.2, 0.25) is 15.9 Å². The average molecular weight is 472 g/mol. The van der Waals surface area contributed by atoms with E-state index in [1.807, 2.05) is 31.2 Å². The van der Waals surface area contributed by atoms with Gasteiger partial charge in [-0.1, -0.05) is 41.4 Å². The molecule has 0 bridgehead atoms. The van der Waals surface area contributed by atoms with Crippen molar-refractivity contribution in [2.24, 2.45) is 0 Å². The molecule has 0 unspecified atom stereocenters. The zero-order valence-electron chi connectivity index (χ0n) is 16.1. The topological polar surface area (TPSA) is 81.2 Å². The summed E-state index contributed by atoms with van der Waals surface area (Å²) in [4.78, 5) is -0.661. The lowest BCUT2D eigenvalue weighted by molar-refractivity contribution is -0.137. The van der Waals surface area contributed by atoms with E-state index in [-0.39, 0.29) is 24.1 Å². The fraction of sp³-hybridized carbons (Fsp3) is 0.200. The Hall–Kier alpha value is -2.69. The Bertz CT molecular complexity index is 1150. The van der Waals surface area contributed by atoms with Crippen molar-refractivity contribution in [3.8, 4) is 17.1 Å². The van der Waals surface area contributed by atoms with E-state index in [4.69, 9.17) is 16.3 Å². The summed E-state index contributed by atoms with van der Waals surface area (Å²) in [6.07, 6.45) is -4.69. The van der Waals surface area contributed by atoms with E-state index in [1.165, 1.54) is 0 Å². The SMILES string of the molecule is Cc1ccc(-c2ccc(OCCNS(=O)(=O)c3cc(C(F)(F)F)ccc3Cl)nn2)cc1. The highest BCUT2D eigenvalue weighted by Crippen LogP contribution is 2.33. The summed E-state index contributed by atoms with van der Waals surface area (Å²) in [5.74, 6) is 0.173. The van der Waals surface area contributed by atoms with Gasteiger partial charge >= 0.3 is 6.18 Å². The van der Waals surface area contributed by atoms with Gasteiger partial charge in [0.25, 0.3) is 0 Å². The van der Waals surface area contributed by atoms with Crippen LogP contribution in [0.5, 0.6) is 5.88 Å². The third-order valence-corrected chi connectivity index (χ3v) is 6.12. The molecule has 0 aliphatic carbocycles. The molecule has 1 heterocycles. The molecule has 11 heteroatoms. The number of aryl methyl sites for hydroxylation is 1. The Balaban J connectivity index is 1.58. The number of sulfonamides is 1. The summed E-state index contributed by atoms with van der Waals surface area (Å²) in [7, 11) is -4.27. The largest absolute Gasteiger partial charge is 0.475 e. The number of nitrogens with one attached hydrogen (secondary N) is 1. The molecule has 0 aliphatic rings. The number of hydrogen-bond donors (Lipinski definition) is 1. The summed E-state index contributed by atoms with van der Waals surface area (Å²) >= 11 is 5.78. The zero-order valence-corrected chi connectivity index (χ0v) is 17.7. The van der Waals surface area contributed by atoms with Crippen molar-refractivity contribution in [3.63, 3.8) is 0 Å². The molecular weight excluding hydrogens is 455 g/mol. The first-order valence-electron chi connectivity index (χ1n) is 8.96. The Morgan fingerprint density at radius 2 is 1.74 bits per heavy atom. The van der Waals surface area contributed by atoms with Crippen molar-refractivity contribution in [1.82, 2.24) is 14.9 Å².